The van der Waals surface area contributed by atoms with Crippen LogP contribution in [-0.4, -0.2) is 35.0 Å². The first-order chi connectivity index (χ1) is 11.6. The number of nitrogens with one attached hydrogen (secondary N) is 2. The molecule has 2 aromatic heterocycles. The van der Waals surface area contributed by atoms with Crippen LogP contribution in [0.5, 0.6) is 0 Å². The van der Waals surface area contributed by atoms with E-state index in [1.165, 1.54) is 6.20 Å². The lowest BCUT2D eigenvalue weighted by molar-refractivity contribution is -0.116. The Morgan fingerprint density at radius 1 is 1.08 bits per heavy atom. The van der Waals surface area contributed by atoms with Gasteiger partial charge in [-0.25, -0.2) is 14.8 Å². The molecule has 0 saturated carbocycles. The van der Waals surface area contributed by atoms with Crippen LogP contribution in [0.25, 0.3) is 0 Å². The Morgan fingerprint density at radius 2 is 1.83 bits per heavy atom. The average molecular weight is 328 g/mol. The molecule has 2 rings (SSSR count). The number of pyridine rings is 2. The lowest BCUT2D eigenvalue weighted by Gasteiger charge is -2.07. The van der Waals surface area contributed by atoms with Crippen molar-refractivity contribution in [3.8, 4) is 0 Å². The normalized spacial score (nSPS) is 10.1. The molecule has 0 unspecified atom stereocenters. The van der Waals surface area contributed by atoms with Crippen molar-refractivity contribution in [1.29, 1.82) is 0 Å². The molecular weight excluding hydrogens is 308 g/mol. The van der Waals surface area contributed by atoms with Crippen molar-refractivity contribution < 1.29 is 14.3 Å². The Morgan fingerprint density at radius 3 is 2.46 bits per heavy atom. The fourth-order valence-electron chi connectivity index (χ4n) is 1.88. The van der Waals surface area contributed by atoms with E-state index >= 15 is 0 Å². The molecule has 24 heavy (non-hydrogen) atoms. The molecule has 7 heteroatoms. The number of ether oxygens (including phenoxy) is 1. The van der Waals surface area contributed by atoms with Gasteiger partial charge in [0.05, 0.1) is 12.2 Å². The van der Waals surface area contributed by atoms with Crippen LogP contribution in [-0.2, 0) is 9.53 Å². The van der Waals surface area contributed by atoms with Crippen molar-refractivity contribution in [2.45, 2.75) is 20.3 Å². The van der Waals surface area contributed by atoms with Gasteiger partial charge in [-0.3, -0.25) is 4.79 Å². The molecule has 1 amide bonds. The van der Waals surface area contributed by atoms with E-state index in [0.717, 1.165) is 5.56 Å². The summed E-state index contributed by atoms with van der Waals surface area (Å²) in [5, 5.41) is 5.75. The van der Waals surface area contributed by atoms with Crippen molar-refractivity contribution in [2.75, 3.05) is 23.8 Å². The topological polar surface area (TPSA) is 93.2 Å². The summed E-state index contributed by atoms with van der Waals surface area (Å²) in [5.41, 5.74) is 1.43. The third-order valence-corrected chi connectivity index (χ3v) is 3.11. The number of aryl methyl sites for hydroxylation is 1. The Hall–Kier alpha value is -2.96. The molecule has 2 aromatic rings. The highest BCUT2D eigenvalue weighted by atomic mass is 16.5. The van der Waals surface area contributed by atoms with Gasteiger partial charge in [-0.05, 0) is 37.6 Å². The van der Waals surface area contributed by atoms with E-state index in [4.69, 9.17) is 4.74 Å². The summed E-state index contributed by atoms with van der Waals surface area (Å²) in [4.78, 5) is 31.6. The maximum absolute atomic E-state index is 11.8. The average Bonchev–Trinajstić information content (AvgIpc) is 2.58. The first-order valence-corrected chi connectivity index (χ1v) is 7.68. The zero-order chi connectivity index (χ0) is 17.4. The zero-order valence-electron chi connectivity index (χ0n) is 13.7. The Bertz CT molecular complexity index is 684. The third-order valence-electron chi connectivity index (χ3n) is 3.11. The number of nitrogens with zero attached hydrogens (tertiary/aromatic N) is 2. The molecule has 2 N–H and O–H groups in total. The number of carbonyl (C=O) groups excluding carboxylic acids is 2. The van der Waals surface area contributed by atoms with Gasteiger partial charge in [0.25, 0.3) is 0 Å². The van der Waals surface area contributed by atoms with Crippen molar-refractivity contribution >= 4 is 23.5 Å². The van der Waals surface area contributed by atoms with Crippen molar-refractivity contribution in [2.24, 2.45) is 0 Å². The van der Waals surface area contributed by atoms with Gasteiger partial charge in [0.15, 0.2) is 0 Å². The smallest absolute Gasteiger partial charge is 0.339 e. The summed E-state index contributed by atoms with van der Waals surface area (Å²) >= 11 is 0. The molecule has 0 aliphatic carbocycles. The minimum atomic E-state index is -0.401. The second kappa shape index (κ2) is 8.61. The maximum Gasteiger partial charge on any atom is 0.339 e. The van der Waals surface area contributed by atoms with Crippen molar-refractivity contribution in [3.63, 3.8) is 0 Å². The van der Waals surface area contributed by atoms with E-state index in [0.29, 0.717) is 30.4 Å². The second-order valence-corrected chi connectivity index (χ2v) is 5.10. The summed E-state index contributed by atoms with van der Waals surface area (Å²) in [6.07, 6.45) is 3.41. The van der Waals surface area contributed by atoms with Crippen LogP contribution < -0.4 is 10.6 Å². The van der Waals surface area contributed by atoms with E-state index in [9.17, 15) is 9.59 Å². The van der Waals surface area contributed by atoms with Crippen LogP contribution in [0.2, 0.25) is 0 Å². The highest BCUT2D eigenvalue weighted by molar-refractivity contribution is 5.90. The number of anilines is 2. The number of hydrogen-bond acceptors (Lipinski definition) is 6. The SMILES string of the molecule is CCOC(=O)c1ccc(NCCC(=O)Nc2ccc(C)cn2)nc1. The number of aromatic nitrogens is 2. The van der Waals surface area contributed by atoms with Crippen LogP contribution in [0, 0.1) is 6.92 Å². The molecule has 0 radical (unpaired) electrons. The van der Waals surface area contributed by atoms with Gasteiger partial charge in [0.1, 0.15) is 11.6 Å². The van der Waals surface area contributed by atoms with Crippen LogP contribution >= 0.6 is 0 Å². The standard InChI is InChI=1S/C17H20N4O3/c1-3-24-17(23)13-5-7-14(20-11-13)18-9-8-16(22)21-15-6-4-12(2)10-19-15/h4-7,10-11H,3,8-9H2,1-2H3,(H,18,20)(H,19,21,22). The van der Waals surface area contributed by atoms with Crippen LogP contribution in [0.15, 0.2) is 36.7 Å². The van der Waals surface area contributed by atoms with Gasteiger partial charge < -0.3 is 15.4 Å². The van der Waals surface area contributed by atoms with Crippen LogP contribution in [0.3, 0.4) is 0 Å². The highest BCUT2D eigenvalue weighted by Crippen LogP contribution is 2.07. The van der Waals surface area contributed by atoms with E-state index in [-0.39, 0.29) is 12.3 Å². The van der Waals surface area contributed by atoms with Gasteiger partial charge in [0, 0.05) is 25.4 Å². The maximum atomic E-state index is 11.8. The second-order valence-electron chi connectivity index (χ2n) is 5.10. The number of rotatable bonds is 7. The van der Waals surface area contributed by atoms with E-state index in [1.54, 1.807) is 31.3 Å². The van der Waals surface area contributed by atoms with Crippen LogP contribution in [0.4, 0.5) is 11.6 Å². The van der Waals surface area contributed by atoms with Gasteiger partial charge in [0.2, 0.25) is 5.91 Å². The largest absolute Gasteiger partial charge is 0.462 e. The van der Waals surface area contributed by atoms with Gasteiger partial charge in [-0.15, -0.1) is 0 Å². The summed E-state index contributed by atoms with van der Waals surface area (Å²) in [5.74, 6) is 0.579. The fraction of sp³-hybridized carbons (Fsp3) is 0.294. The zero-order valence-corrected chi connectivity index (χ0v) is 13.7. The molecule has 0 spiro atoms. The monoisotopic (exact) mass is 328 g/mol. The van der Waals surface area contributed by atoms with Crippen LogP contribution in [0.1, 0.15) is 29.3 Å². The quantitative estimate of drug-likeness (QED) is 0.758. The van der Waals surface area contributed by atoms with Gasteiger partial charge in [-0.1, -0.05) is 6.07 Å². The molecule has 0 aliphatic rings. The van der Waals surface area contributed by atoms with Crippen molar-refractivity contribution in [3.05, 3.63) is 47.8 Å². The highest BCUT2D eigenvalue weighted by Gasteiger charge is 2.07. The number of esters is 1. The molecule has 7 nitrogen and oxygen atoms in total. The summed E-state index contributed by atoms with van der Waals surface area (Å²) < 4.78 is 4.89. The summed E-state index contributed by atoms with van der Waals surface area (Å²) in [6.45, 7) is 4.43. The molecule has 0 bridgehead atoms. The Kier molecular flexibility index (Phi) is 6.24. The number of carbonyl (C=O) groups is 2. The minimum absolute atomic E-state index is 0.137. The number of hydrogen-bond donors (Lipinski definition) is 2. The molecule has 0 atom stereocenters. The lowest BCUT2D eigenvalue weighted by Crippen LogP contribution is -2.17. The molecule has 0 aromatic carbocycles. The van der Waals surface area contributed by atoms with Gasteiger partial charge in [-0.2, -0.15) is 0 Å². The first kappa shape index (κ1) is 17.4. The molecule has 0 fully saturated rings. The fourth-order valence-corrected chi connectivity index (χ4v) is 1.88. The Labute approximate surface area is 140 Å². The minimum Gasteiger partial charge on any atom is -0.462 e. The molecule has 2 heterocycles. The van der Waals surface area contributed by atoms with E-state index < -0.39 is 5.97 Å². The number of amides is 1. The third kappa shape index (κ3) is 5.35. The molecule has 126 valence electrons. The summed E-state index contributed by atoms with van der Waals surface area (Å²) in [6, 6.07) is 6.95. The van der Waals surface area contributed by atoms with E-state index in [2.05, 4.69) is 20.6 Å². The lowest BCUT2D eigenvalue weighted by atomic mass is 10.3. The van der Waals surface area contributed by atoms with Gasteiger partial charge >= 0.3 is 5.97 Å². The predicted molar refractivity (Wildman–Crippen MR) is 90.9 cm³/mol. The molecule has 0 aliphatic heterocycles. The van der Waals surface area contributed by atoms with E-state index in [1.807, 2.05) is 13.0 Å². The first-order valence-electron chi connectivity index (χ1n) is 7.68. The summed E-state index contributed by atoms with van der Waals surface area (Å²) in [7, 11) is 0. The molecule has 0 saturated heterocycles. The Balaban J connectivity index is 1.76. The molecular formula is C17H20N4O3. The predicted octanol–water partition coefficient (Wildman–Crippen LogP) is 2.40. The van der Waals surface area contributed by atoms with Crippen molar-refractivity contribution in [1.82, 2.24) is 9.97 Å².